The van der Waals surface area contributed by atoms with Gasteiger partial charge >= 0.3 is 0 Å². The molecule has 0 N–H and O–H groups in total. The number of hydrogen-bond donors (Lipinski definition) is 0. The van der Waals surface area contributed by atoms with Crippen LogP contribution in [0.25, 0.3) is 43.6 Å². The second kappa shape index (κ2) is 6.03. The van der Waals surface area contributed by atoms with Crippen LogP contribution in [-0.2, 0) is 14.1 Å². The van der Waals surface area contributed by atoms with Crippen LogP contribution in [0.3, 0.4) is 0 Å². The lowest BCUT2D eigenvalue weighted by Gasteiger charge is -2.15. The zero-order chi connectivity index (χ0) is 19.7. The van der Waals surface area contributed by atoms with Gasteiger partial charge in [-0.05, 0) is 48.5 Å². The summed E-state index contributed by atoms with van der Waals surface area (Å²) in [6, 6.07) is 15.0. The predicted molar refractivity (Wildman–Crippen MR) is 122 cm³/mol. The molecule has 0 fully saturated rings. The minimum atomic E-state index is -0.0327. The average molecular weight is 498 g/mol. The van der Waals surface area contributed by atoms with Crippen LogP contribution in [-0.4, -0.2) is 9.13 Å². The van der Waals surface area contributed by atoms with Crippen molar-refractivity contribution in [1.82, 2.24) is 9.13 Å². The molecule has 138 valence electrons. The van der Waals surface area contributed by atoms with Crippen LogP contribution in [0.15, 0.2) is 67.1 Å². The summed E-state index contributed by atoms with van der Waals surface area (Å²) in [7, 11) is 3.85. The topological polar surface area (TPSA) is 44.0 Å². The maximum Gasteiger partial charge on any atom is 0.197 e. The smallest absolute Gasteiger partial charge is 0.197 e. The quantitative estimate of drug-likeness (QED) is 0.275. The fourth-order valence-corrected chi connectivity index (χ4v) is 4.73. The third-order valence-corrected chi connectivity index (χ3v) is 6.44. The molecule has 28 heavy (non-hydrogen) atoms. The average Bonchev–Trinajstić information content (AvgIpc) is 2.69. The molecule has 5 rings (SSSR count). The van der Waals surface area contributed by atoms with E-state index in [1.54, 1.807) is 0 Å². The monoisotopic (exact) mass is 496 g/mol. The van der Waals surface area contributed by atoms with E-state index in [2.05, 4.69) is 31.9 Å². The second-order valence-corrected chi connectivity index (χ2v) is 8.82. The van der Waals surface area contributed by atoms with Crippen LogP contribution in [0.2, 0.25) is 0 Å². The van der Waals surface area contributed by atoms with Gasteiger partial charge in [-0.1, -0.05) is 31.9 Å². The van der Waals surface area contributed by atoms with E-state index < -0.39 is 0 Å². The molecule has 5 aromatic rings. The Labute approximate surface area is 176 Å². The van der Waals surface area contributed by atoms with Crippen LogP contribution in [0, 0.1) is 0 Å². The first kappa shape index (κ1) is 17.6. The Bertz CT molecular complexity index is 1480. The van der Waals surface area contributed by atoms with Gasteiger partial charge in [-0.25, -0.2) is 0 Å². The number of halogens is 2. The summed E-state index contributed by atoms with van der Waals surface area (Å²) in [5.41, 5.74) is 3.10. The maximum absolute atomic E-state index is 13.2. The van der Waals surface area contributed by atoms with E-state index in [1.807, 2.05) is 71.8 Å². The Morgan fingerprint density at radius 1 is 0.571 bits per heavy atom. The molecule has 3 aromatic carbocycles. The number of fused-ring (bicyclic) bond motifs is 4. The van der Waals surface area contributed by atoms with E-state index in [-0.39, 0.29) is 10.9 Å². The summed E-state index contributed by atoms with van der Waals surface area (Å²) in [6.45, 7) is 0. The van der Waals surface area contributed by atoms with Crippen molar-refractivity contribution in [2.75, 3.05) is 0 Å². The van der Waals surface area contributed by atoms with Crippen LogP contribution in [0.5, 0.6) is 0 Å². The Balaban J connectivity index is 2.08. The minimum absolute atomic E-state index is 0.0327. The molecule has 0 atom stereocenters. The fraction of sp³-hybridized carbons (Fsp3) is 0.0909. The number of hydrogen-bond acceptors (Lipinski definition) is 2. The van der Waals surface area contributed by atoms with Crippen LogP contribution in [0.4, 0.5) is 0 Å². The highest BCUT2D eigenvalue weighted by molar-refractivity contribution is 9.10. The molecule has 0 bridgehead atoms. The highest BCUT2D eigenvalue weighted by Gasteiger charge is 2.15. The predicted octanol–water partition coefficient (Wildman–Crippen LogP) is 5.22. The molecule has 0 aliphatic rings. The second-order valence-electron chi connectivity index (χ2n) is 6.99. The molecule has 0 aliphatic carbocycles. The third-order valence-electron chi connectivity index (χ3n) is 5.46. The van der Waals surface area contributed by atoms with Crippen molar-refractivity contribution < 1.29 is 0 Å². The SMILES string of the molecule is Cn1c2ccc(Br)cc2c(=O)c2cc3c(cc21)c(=O)c1cc(Br)ccc1n3C. The fourth-order valence-electron chi connectivity index (χ4n) is 4.01. The molecule has 0 spiro atoms. The molecule has 6 heteroatoms. The number of benzene rings is 3. The molecule has 0 saturated carbocycles. The van der Waals surface area contributed by atoms with Gasteiger partial charge in [0.25, 0.3) is 0 Å². The first-order valence-electron chi connectivity index (χ1n) is 8.71. The van der Waals surface area contributed by atoms with Crippen LogP contribution >= 0.6 is 31.9 Å². The molecule has 0 saturated heterocycles. The van der Waals surface area contributed by atoms with Crippen molar-refractivity contribution in [3.05, 3.63) is 77.9 Å². The van der Waals surface area contributed by atoms with Crippen molar-refractivity contribution >= 4 is 75.5 Å². The van der Waals surface area contributed by atoms with E-state index in [1.165, 1.54) is 0 Å². The van der Waals surface area contributed by atoms with Crippen molar-refractivity contribution in [3.8, 4) is 0 Å². The lowest BCUT2D eigenvalue weighted by Crippen LogP contribution is -2.13. The molecule has 0 aliphatic heterocycles. The minimum Gasteiger partial charge on any atom is -0.343 e. The van der Waals surface area contributed by atoms with Gasteiger partial charge in [0.1, 0.15) is 0 Å². The van der Waals surface area contributed by atoms with Gasteiger partial charge in [0, 0.05) is 44.6 Å². The zero-order valence-corrected chi connectivity index (χ0v) is 18.3. The summed E-state index contributed by atoms with van der Waals surface area (Å²) < 4.78 is 5.67. The van der Waals surface area contributed by atoms with E-state index in [0.29, 0.717) is 21.5 Å². The largest absolute Gasteiger partial charge is 0.343 e. The van der Waals surface area contributed by atoms with Crippen molar-refractivity contribution in [2.24, 2.45) is 14.1 Å². The lowest BCUT2D eigenvalue weighted by atomic mass is 10.0. The molecule has 0 radical (unpaired) electrons. The summed E-state index contributed by atoms with van der Waals surface area (Å²) in [4.78, 5) is 26.4. The number of pyridine rings is 2. The van der Waals surface area contributed by atoms with Gasteiger partial charge < -0.3 is 9.13 Å². The Hall–Kier alpha value is -2.44. The molecule has 4 nitrogen and oxygen atoms in total. The summed E-state index contributed by atoms with van der Waals surface area (Å²) in [5.74, 6) is 0. The molecular weight excluding hydrogens is 484 g/mol. The molecular formula is C22H14Br2N2O2. The molecule has 0 unspecified atom stereocenters. The standard InChI is InChI=1S/C22H14Br2N2O2/c1-25-17-5-3-11(23)7-13(17)21(27)15-10-20-16(9-19(15)25)22(28)14-8-12(24)4-6-18(14)26(20)2/h3-10H,1-2H3. The van der Waals surface area contributed by atoms with Gasteiger partial charge in [-0.15, -0.1) is 0 Å². The van der Waals surface area contributed by atoms with E-state index in [9.17, 15) is 9.59 Å². The highest BCUT2D eigenvalue weighted by Crippen LogP contribution is 2.27. The number of aryl methyl sites for hydroxylation is 2. The molecule has 2 heterocycles. The van der Waals surface area contributed by atoms with Crippen molar-refractivity contribution in [1.29, 1.82) is 0 Å². The number of nitrogens with zero attached hydrogens (tertiary/aromatic N) is 2. The zero-order valence-electron chi connectivity index (χ0n) is 15.1. The van der Waals surface area contributed by atoms with Crippen molar-refractivity contribution in [2.45, 2.75) is 0 Å². The van der Waals surface area contributed by atoms with Crippen LogP contribution < -0.4 is 10.9 Å². The summed E-state index contributed by atoms with van der Waals surface area (Å²) in [6.07, 6.45) is 0. The Morgan fingerprint density at radius 3 is 1.32 bits per heavy atom. The Kier molecular flexibility index (Phi) is 3.80. The summed E-state index contributed by atoms with van der Waals surface area (Å²) >= 11 is 6.90. The third kappa shape index (κ3) is 2.34. The van der Waals surface area contributed by atoms with E-state index in [0.717, 1.165) is 31.0 Å². The first-order valence-corrected chi connectivity index (χ1v) is 10.3. The molecule has 0 amide bonds. The lowest BCUT2D eigenvalue weighted by molar-refractivity contribution is 0.993. The van der Waals surface area contributed by atoms with Gasteiger partial charge in [-0.2, -0.15) is 0 Å². The number of aromatic nitrogens is 2. The Morgan fingerprint density at radius 2 is 0.929 bits per heavy atom. The maximum atomic E-state index is 13.2. The summed E-state index contributed by atoms with van der Waals surface area (Å²) in [5, 5.41) is 2.51. The normalized spacial score (nSPS) is 11.9. The van der Waals surface area contributed by atoms with Gasteiger partial charge in [0.05, 0.1) is 22.1 Å². The first-order chi connectivity index (χ1) is 13.4. The number of rotatable bonds is 0. The highest BCUT2D eigenvalue weighted by atomic mass is 79.9. The van der Waals surface area contributed by atoms with Gasteiger partial charge in [0.15, 0.2) is 10.9 Å². The van der Waals surface area contributed by atoms with Crippen LogP contribution in [0.1, 0.15) is 0 Å². The van der Waals surface area contributed by atoms with Gasteiger partial charge in [-0.3, -0.25) is 9.59 Å². The van der Waals surface area contributed by atoms with Gasteiger partial charge in [0.2, 0.25) is 0 Å². The molecule has 2 aromatic heterocycles. The van der Waals surface area contributed by atoms with Crippen molar-refractivity contribution in [3.63, 3.8) is 0 Å². The van der Waals surface area contributed by atoms with E-state index in [4.69, 9.17) is 0 Å². The van der Waals surface area contributed by atoms with E-state index >= 15 is 0 Å².